The fraction of sp³-hybridized carbons (Fsp3) is 1.00. The van der Waals surface area contributed by atoms with Gasteiger partial charge in [0.1, 0.15) is 0 Å². The molecule has 0 bridgehead atoms. The Morgan fingerprint density at radius 3 is 2.64 bits per heavy atom. The summed E-state index contributed by atoms with van der Waals surface area (Å²) in [6.07, 6.45) is 5.12. The molecule has 0 aliphatic heterocycles. The third kappa shape index (κ3) is 3.41. The number of hydrogen-bond donors (Lipinski definition) is 1. The van der Waals surface area contributed by atoms with Crippen LogP contribution in [0, 0.1) is 5.92 Å². The highest BCUT2D eigenvalue weighted by molar-refractivity contribution is 7.88. The molecule has 14 heavy (non-hydrogen) atoms. The van der Waals surface area contributed by atoms with Gasteiger partial charge in [-0.2, -0.15) is 0 Å². The predicted molar refractivity (Wildman–Crippen MR) is 59.1 cm³/mol. The first-order chi connectivity index (χ1) is 6.37. The van der Waals surface area contributed by atoms with Crippen LogP contribution in [0.25, 0.3) is 0 Å². The van der Waals surface area contributed by atoms with Crippen molar-refractivity contribution in [3.05, 3.63) is 0 Å². The standard InChI is InChI=1S/C9H18ClNO2S/c1-8-4-3-5-9(6-8,7-10)11-14(2,12)13/h8,11H,3-7H2,1-2H3. The number of hydrogen-bond acceptors (Lipinski definition) is 2. The molecule has 84 valence electrons. The zero-order chi connectivity index (χ0) is 10.8. The Morgan fingerprint density at radius 2 is 2.21 bits per heavy atom. The van der Waals surface area contributed by atoms with Crippen LogP contribution in [0.1, 0.15) is 32.6 Å². The average Bonchev–Trinajstić information content (AvgIpc) is 2.01. The average molecular weight is 240 g/mol. The Kier molecular flexibility index (Phi) is 3.83. The number of alkyl halides is 1. The third-order valence-electron chi connectivity index (χ3n) is 2.75. The van der Waals surface area contributed by atoms with E-state index in [0.29, 0.717) is 11.8 Å². The molecule has 1 aliphatic rings. The van der Waals surface area contributed by atoms with Gasteiger partial charge < -0.3 is 0 Å². The quantitative estimate of drug-likeness (QED) is 0.763. The van der Waals surface area contributed by atoms with Crippen molar-refractivity contribution in [1.29, 1.82) is 0 Å². The Balaban J connectivity index is 2.75. The van der Waals surface area contributed by atoms with E-state index in [-0.39, 0.29) is 0 Å². The normalized spacial score (nSPS) is 34.4. The van der Waals surface area contributed by atoms with Crippen molar-refractivity contribution >= 4 is 21.6 Å². The highest BCUT2D eigenvalue weighted by Crippen LogP contribution is 2.33. The molecular weight excluding hydrogens is 222 g/mol. The summed E-state index contributed by atoms with van der Waals surface area (Å²) in [5, 5.41) is 0. The topological polar surface area (TPSA) is 46.2 Å². The summed E-state index contributed by atoms with van der Waals surface area (Å²) in [5.41, 5.74) is -0.396. The number of nitrogens with one attached hydrogen (secondary N) is 1. The maximum Gasteiger partial charge on any atom is 0.209 e. The first-order valence-corrected chi connectivity index (χ1v) is 7.34. The fourth-order valence-electron chi connectivity index (χ4n) is 2.29. The molecule has 0 aromatic rings. The van der Waals surface area contributed by atoms with Crippen molar-refractivity contribution < 1.29 is 8.42 Å². The summed E-state index contributed by atoms with van der Waals surface area (Å²) < 4.78 is 25.1. The van der Waals surface area contributed by atoms with E-state index in [9.17, 15) is 8.42 Å². The second-order valence-corrected chi connectivity index (χ2v) is 6.51. The molecule has 0 spiro atoms. The molecule has 0 radical (unpaired) electrons. The monoisotopic (exact) mass is 239 g/mol. The van der Waals surface area contributed by atoms with E-state index in [2.05, 4.69) is 11.6 Å². The van der Waals surface area contributed by atoms with Crippen molar-refractivity contribution in [3.8, 4) is 0 Å². The Hall–Kier alpha value is 0.200. The third-order valence-corrected chi connectivity index (χ3v) is 4.06. The molecule has 0 heterocycles. The highest BCUT2D eigenvalue weighted by atomic mass is 35.5. The lowest BCUT2D eigenvalue weighted by Crippen LogP contribution is -2.52. The van der Waals surface area contributed by atoms with E-state index < -0.39 is 15.6 Å². The van der Waals surface area contributed by atoms with Crippen molar-refractivity contribution in [2.24, 2.45) is 5.92 Å². The van der Waals surface area contributed by atoms with Gasteiger partial charge in [0.25, 0.3) is 0 Å². The van der Waals surface area contributed by atoms with Gasteiger partial charge in [-0.3, -0.25) is 0 Å². The van der Waals surface area contributed by atoms with Crippen LogP contribution in [0.5, 0.6) is 0 Å². The van der Waals surface area contributed by atoms with E-state index in [4.69, 9.17) is 11.6 Å². The minimum atomic E-state index is -3.15. The van der Waals surface area contributed by atoms with Gasteiger partial charge in [0.05, 0.1) is 6.26 Å². The van der Waals surface area contributed by atoms with E-state index in [1.54, 1.807) is 0 Å². The van der Waals surface area contributed by atoms with E-state index in [1.807, 2.05) is 0 Å². The Morgan fingerprint density at radius 1 is 1.57 bits per heavy atom. The molecule has 1 rings (SSSR count). The summed E-state index contributed by atoms with van der Waals surface area (Å²) in [5.74, 6) is 0.918. The molecule has 0 amide bonds. The molecule has 3 nitrogen and oxygen atoms in total. The molecule has 0 aromatic carbocycles. The fourth-order valence-corrected chi connectivity index (χ4v) is 3.73. The largest absolute Gasteiger partial charge is 0.213 e. The van der Waals surface area contributed by atoms with Crippen LogP contribution in [0.4, 0.5) is 0 Å². The van der Waals surface area contributed by atoms with Gasteiger partial charge in [-0.1, -0.05) is 19.8 Å². The second-order valence-electron chi connectivity index (χ2n) is 4.49. The van der Waals surface area contributed by atoms with Gasteiger partial charge in [0, 0.05) is 11.4 Å². The summed E-state index contributed by atoms with van der Waals surface area (Å²) >= 11 is 5.88. The minimum Gasteiger partial charge on any atom is -0.213 e. The van der Waals surface area contributed by atoms with Crippen LogP contribution in [-0.4, -0.2) is 26.1 Å². The lowest BCUT2D eigenvalue weighted by Gasteiger charge is -2.38. The van der Waals surface area contributed by atoms with Crippen LogP contribution in [0.2, 0.25) is 0 Å². The summed E-state index contributed by atoms with van der Waals surface area (Å²) in [6, 6.07) is 0. The highest BCUT2D eigenvalue weighted by Gasteiger charge is 2.36. The first-order valence-electron chi connectivity index (χ1n) is 4.92. The SMILES string of the molecule is CC1CCCC(CCl)(NS(C)(=O)=O)C1. The van der Waals surface area contributed by atoms with Crippen molar-refractivity contribution in [3.63, 3.8) is 0 Å². The molecule has 1 fully saturated rings. The smallest absolute Gasteiger partial charge is 0.209 e. The molecule has 5 heteroatoms. The molecule has 0 aromatic heterocycles. The van der Waals surface area contributed by atoms with Gasteiger partial charge in [0.15, 0.2) is 0 Å². The predicted octanol–water partition coefficient (Wildman–Crippen LogP) is 1.72. The number of rotatable bonds is 3. The van der Waals surface area contributed by atoms with Crippen LogP contribution in [0.3, 0.4) is 0 Å². The van der Waals surface area contributed by atoms with Gasteiger partial charge in [0.2, 0.25) is 10.0 Å². The van der Waals surface area contributed by atoms with Gasteiger partial charge in [-0.05, 0) is 18.8 Å². The van der Waals surface area contributed by atoms with Gasteiger partial charge in [-0.25, -0.2) is 13.1 Å². The molecule has 1 aliphatic carbocycles. The van der Waals surface area contributed by atoms with E-state index in [1.165, 1.54) is 12.7 Å². The minimum absolute atomic E-state index is 0.365. The Labute approximate surface area is 91.3 Å². The number of sulfonamides is 1. The number of halogens is 1. The van der Waals surface area contributed by atoms with Crippen LogP contribution in [0.15, 0.2) is 0 Å². The van der Waals surface area contributed by atoms with Crippen molar-refractivity contribution in [2.75, 3.05) is 12.1 Å². The molecular formula is C9H18ClNO2S. The zero-order valence-corrected chi connectivity index (χ0v) is 10.3. The van der Waals surface area contributed by atoms with Crippen LogP contribution in [-0.2, 0) is 10.0 Å². The van der Waals surface area contributed by atoms with Crippen molar-refractivity contribution in [2.45, 2.75) is 38.1 Å². The van der Waals surface area contributed by atoms with E-state index >= 15 is 0 Å². The van der Waals surface area contributed by atoms with Crippen molar-refractivity contribution in [1.82, 2.24) is 4.72 Å². The lowest BCUT2D eigenvalue weighted by atomic mass is 9.78. The van der Waals surface area contributed by atoms with Gasteiger partial charge in [-0.15, -0.1) is 11.6 Å². The summed E-state index contributed by atoms with van der Waals surface area (Å²) in [6.45, 7) is 2.14. The van der Waals surface area contributed by atoms with Crippen LogP contribution >= 0.6 is 11.6 Å². The molecule has 0 saturated heterocycles. The molecule has 2 unspecified atom stereocenters. The molecule has 1 saturated carbocycles. The maximum atomic E-state index is 11.2. The lowest BCUT2D eigenvalue weighted by molar-refractivity contribution is 0.239. The maximum absolute atomic E-state index is 11.2. The summed E-state index contributed by atoms with van der Waals surface area (Å²) in [4.78, 5) is 0. The van der Waals surface area contributed by atoms with Gasteiger partial charge >= 0.3 is 0 Å². The molecule has 1 N–H and O–H groups in total. The zero-order valence-electron chi connectivity index (χ0n) is 8.72. The second kappa shape index (κ2) is 4.37. The first kappa shape index (κ1) is 12.3. The Bertz CT molecular complexity index is 291. The summed E-state index contributed by atoms with van der Waals surface area (Å²) in [7, 11) is -3.15. The van der Waals surface area contributed by atoms with E-state index in [0.717, 1.165) is 19.3 Å². The molecule has 2 atom stereocenters. The van der Waals surface area contributed by atoms with Crippen LogP contribution < -0.4 is 4.72 Å².